The molecule has 0 aliphatic heterocycles. The zero-order valence-corrected chi connectivity index (χ0v) is 10.7. The topological polar surface area (TPSA) is 92.0 Å². The summed E-state index contributed by atoms with van der Waals surface area (Å²) in [5.74, 6) is 6.84. The molecule has 0 radical (unpaired) electrons. The van der Waals surface area contributed by atoms with E-state index >= 15 is 0 Å². The summed E-state index contributed by atoms with van der Waals surface area (Å²) in [6.45, 7) is 4.42. The van der Waals surface area contributed by atoms with E-state index in [0.29, 0.717) is 29.3 Å². The van der Waals surface area contributed by atoms with Crippen LogP contribution >= 0.6 is 0 Å². The molecule has 7 heteroatoms. The fourth-order valence-electron chi connectivity index (χ4n) is 1.56. The van der Waals surface area contributed by atoms with Crippen LogP contribution in [0.1, 0.15) is 20.3 Å². The summed E-state index contributed by atoms with van der Waals surface area (Å²) in [5, 5.41) is 3.29. The predicted molar refractivity (Wildman–Crippen MR) is 67.8 cm³/mol. The summed E-state index contributed by atoms with van der Waals surface area (Å²) < 4.78 is 0. The molecule has 4 N–H and O–H groups in total. The molecule has 0 saturated heterocycles. The van der Waals surface area contributed by atoms with Gasteiger partial charge in [0.05, 0.1) is 0 Å². The molecule has 7 nitrogen and oxygen atoms in total. The minimum absolute atomic E-state index is 0.321. The second-order valence-electron chi connectivity index (χ2n) is 5.21. The van der Waals surface area contributed by atoms with E-state index in [9.17, 15) is 0 Å². The van der Waals surface area contributed by atoms with Gasteiger partial charge < -0.3 is 10.2 Å². The lowest BCUT2D eigenvalue weighted by Crippen LogP contribution is -2.20. The highest BCUT2D eigenvalue weighted by Gasteiger charge is 2.46. The van der Waals surface area contributed by atoms with Crippen LogP contribution in [0, 0.1) is 5.41 Å². The van der Waals surface area contributed by atoms with Gasteiger partial charge in [0, 0.05) is 20.1 Å². The lowest BCUT2D eigenvalue weighted by molar-refractivity contribution is 0.628. The number of hydrazine groups is 1. The Hall–Kier alpha value is -1.63. The van der Waals surface area contributed by atoms with Crippen molar-refractivity contribution in [1.82, 2.24) is 15.0 Å². The molecular formula is C10H19N7. The Labute approximate surface area is 101 Å². The summed E-state index contributed by atoms with van der Waals surface area (Å²) >= 11 is 0. The number of hydrogen-bond donors (Lipinski definition) is 3. The molecule has 2 rings (SSSR count). The van der Waals surface area contributed by atoms with Gasteiger partial charge in [-0.15, -0.1) is 0 Å². The maximum absolute atomic E-state index is 5.34. The third kappa shape index (κ3) is 2.55. The van der Waals surface area contributed by atoms with Gasteiger partial charge >= 0.3 is 0 Å². The van der Waals surface area contributed by atoms with Gasteiger partial charge in [-0.1, -0.05) is 13.8 Å². The highest BCUT2D eigenvalue weighted by atomic mass is 15.4. The smallest absolute Gasteiger partial charge is 0.243 e. The van der Waals surface area contributed by atoms with Gasteiger partial charge in [-0.3, -0.25) is 5.43 Å². The van der Waals surface area contributed by atoms with Crippen LogP contribution in [-0.2, 0) is 0 Å². The van der Waals surface area contributed by atoms with Crippen LogP contribution < -0.4 is 21.5 Å². The summed E-state index contributed by atoms with van der Waals surface area (Å²) in [6.07, 6.45) is 1.13. The minimum atomic E-state index is 0.321. The van der Waals surface area contributed by atoms with Gasteiger partial charge in [0.25, 0.3) is 0 Å². The average Bonchev–Trinajstić information content (AvgIpc) is 2.85. The second kappa shape index (κ2) is 3.99. The van der Waals surface area contributed by atoms with Crippen molar-refractivity contribution in [2.24, 2.45) is 11.3 Å². The van der Waals surface area contributed by atoms with Gasteiger partial charge in [-0.25, -0.2) is 5.84 Å². The minimum Gasteiger partial charge on any atom is -0.351 e. The number of aromatic nitrogens is 3. The zero-order chi connectivity index (χ0) is 12.6. The Balaban J connectivity index is 2.18. The summed E-state index contributed by atoms with van der Waals surface area (Å²) in [6, 6.07) is 0.422. The molecule has 0 amide bonds. The monoisotopic (exact) mass is 237 g/mol. The van der Waals surface area contributed by atoms with Crippen molar-refractivity contribution in [2.75, 3.05) is 29.7 Å². The number of rotatable bonds is 4. The Morgan fingerprint density at radius 1 is 1.24 bits per heavy atom. The number of nitrogens with zero attached hydrogens (tertiary/aromatic N) is 4. The quantitative estimate of drug-likeness (QED) is 0.516. The number of nitrogen functional groups attached to an aromatic ring is 1. The lowest BCUT2D eigenvalue weighted by atomic mass is 10.2. The molecule has 1 aromatic rings. The highest BCUT2D eigenvalue weighted by molar-refractivity contribution is 5.44. The Kier molecular flexibility index (Phi) is 2.78. The van der Waals surface area contributed by atoms with E-state index < -0.39 is 0 Å². The lowest BCUT2D eigenvalue weighted by Gasteiger charge is -2.13. The third-order valence-corrected chi connectivity index (χ3v) is 2.97. The number of nitrogens with two attached hydrogens (primary N) is 1. The standard InChI is InChI=1S/C10H19N7/c1-10(2)5-6(10)12-7-13-8(16-11)15-9(14-7)17(3)4/h6H,5,11H2,1-4H3,(H2,12,13,14,15,16). The van der Waals surface area contributed by atoms with Gasteiger partial charge in [0.2, 0.25) is 17.8 Å². The van der Waals surface area contributed by atoms with Crippen LogP contribution in [0.4, 0.5) is 17.8 Å². The first-order chi connectivity index (χ1) is 7.92. The zero-order valence-electron chi connectivity index (χ0n) is 10.7. The van der Waals surface area contributed by atoms with E-state index in [2.05, 4.69) is 39.5 Å². The van der Waals surface area contributed by atoms with Crippen molar-refractivity contribution >= 4 is 17.8 Å². The second-order valence-corrected chi connectivity index (χ2v) is 5.21. The Morgan fingerprint density at radius 3 is 2.29 bits per heavy atom. The molecule has 94 valence electrons. The normalized spacial score (nSPS) is 20.9. The third-order valence-electron chi connectivity index (χ3n) is 2.97. The molecule has 0 bridgehead atoms. The van der Waals surface area contributed by atoms with Gasteiger partial charge in [0.1, 0.15) is 0 Å². The number of anilines is 3. The molecule has 0 aromatic carbocycles. The largest absolute Gasteiger partial charge is 0.351 e. The maximum atomic E-state index is 5.34. The van der Waals surface area contributed by atoms with Gasteiger partial charge in [-0.05, 0) is 11.8 Å². The van der Waals surface area contributed by atoms with E-state index in [1.54, 1.807) is 0 Å². The summed E-state index contributed by atoms with van der Waals surface area (Å²) in [5.41, 5.74) is 2.77. The fourth-order valence-corrected chi connectivity index (χ4v) is 1.56. The summed E-state index contributed by atoms with van der Waals surface area (Å²) in [4.78, 5) is 14.5. The van der Waals surface area contributed by atoms with E-state index in [-0.39, 0.29) is 0 Å². The molecule has 1 heterocycles. The predicted octanol–water partition coefficient (Wildman–Crippen LogP) is 0.434. The van der Waals surface area contributed by atoms with E-state index in [1.165, 1.54) is 0 Å². The number of hydrogen-bond acceptors (Lipinski definition) is 7. The van der Waals surface area contributed by atoms with Crippen molar-refractivity contribution in [1.29, 1.82) is 0 Å². The highest BCUT2D eigenvalue weighted by Crippen LogP contribution is 2.46. The Bertz CT molecular complexity index is 415. The molecule has 1 aliphatic carbocycles. The van der Waals surface area contributed by atoms with Crippen LogP contribution in [0.3, 0.4) is 0 Å². The van der Waals surface area contributed by atoms with Crippen molar-refractivity contribution < 1.29 is 0 Å². The van der Waals surface area contributed by atoms with Crippen molar-refractivity contribution in [3.8, 4) is 0 Å². The molecule has 1 aromatic heterocycles. The fraction of sp³-hybridized carbons (Fsp3) is 0.700. The molecule has 1 unspecified atom stereocenters. The molecule has 1 saturated carbocycles. The maximum Gasteiger partial charge on any atom is 0.243 e. The molecule has 17 heavy (non-hydrogen) atoms. The summed E-state index contributed by atoms with van der Waals surface area (Å²) in [7, 11) is 3.75. The van der Waals surface area contributed by atoms with E-state index in [0.717, 1.165) is 6.42 Å². The molecule has 1 aliphatic rings. The van der Waals surface area contributed by atoms with Crippen molar-refractivity contribution in [3.63, 3.8) is 0 Å². The average molecular weight is 237 g/mol. The SMILES string of the molecule is CN(C)c1nc(NN)nc(NC2CC2(C)C)n1. The van der Waals surface area contributed by atoms with Gasteiger partial charge in [0.15, 0.2) is 0 Å². The first-order valence-electron chi connectivity index (χ1n) is 5.59. The number of nitrogens with one attached hydrogen (secondary N) is 2. The first kappa shape index (κ1) is 11.8. The molecule has 0 spiro atoms. The van der Waals surface area contributed by atoms with E-state index in [1.807, 2.05) is 19.0 Å². The molecular weight excluding hydrogens is 218 g/mol. The first-order valence-corrected chi connectivity index (χ1v) is 5.59. The van der Waals surface area contributed by atoms with Crippen LogP contribution in [0.25, 0.3) is 0 Å². The van der Waals surface area contributed by atoms with Crippen LogP contribution in [-0.4, -0.2) is 35.1 Å². The van der Waals surface area contributed by atoms with E-state index in [4.69, 9.17) is 5.84 Å². The molecule has 1 atom stereocenters. The Morgan fingerprint density at radius 2 is 1.82 bits per heavy atom. The van der Waals surface area contributed by atoms with Crippen LogP contribution in [0.2, 0.25) is 0 Å². The van der Waals surface area contributed by atoms with Gasteiger partial charge in [-0.2, -0.15) is 15.0 Å². The molecule has 1 fully saturated rings. The van der Waals surface area contributed by atoms with Crippen LogP contribution in [0.5, 0.6) is 0 Å². The van der Waals surface area contributed by atoms with Crippen molar-refractivity contribution in [3.05, 3.63) is 0 Å². The van der Waals surface area contributed by atoms with Crippen molar-refractivity contribution in [2.45, 2.75) is 26.3 Å². The van der Waals surface area contributed by atoms with Crippen LogP contribution in [0.15, 0.2) is 0 Å².